The molecule has 0 aliphatic rings. The molecule has 0 fully saturated rings. The Morgan fingerprint density at radius 3 is 2.81 bits per heavy atom. The van der Waals surface area contributed by atoms with Crippen LogP contribution in [-0.4, -0.2) is 25.8 Å². The highest BCUT2D eigenvalue weighted by Gasteiger charge is 2.14. The molecule has 16 heavy (non-hydrogen) atoms. The molecule has 0 saturated heterocycles. The summed E-state index contributed by atoms with van der Waals surface area (Å²) in [4.78, 5) is 17.0. The van der Waals surface area contributed by atoms with Gasteiger partial charge in [-0.2, -0.15) is 0 Å². The van der Waals surface area contributed by atoms with E-state index in [1.54, 1.807) is 19.2 Å². The molecule has 0 aliphatic carbocycles. The second-order valence-corrected chi connectivity index (χ2v) is 4.30. The van der Waals surface area contributed by atoms with Crippen LogP contribution >= 0.6 is 11.3 Å². The maximum atomic E-state index is 11.4. The van der Waals surface area contributed by atoms with Gasteiger partial charge in [-0.3, -0.25) is 4.99 Å². The Morgan fingerprint density at radius 2 is 2.31 bits per heavy atom. The Morgan fingerprint density at radius 1 is 1.62 bits per heavy atom. The van der Waals surface area contributed by atoms with E-state index < -0.39 is 0 Å². The number of hydrogen-bond acceptors (Lipinski definition) is 5. The maximum Gasteiger partial charge on any atom is 0.348 e. The van der Waals surface area contributed by atoms with Crippen LogP contribution in [0.15, 0.2) is 23.3 Å². The summed E-state index contributed by atoms with van der Waals surface area (Å²) in [7, 11) is 3.05. The molecule has 0 atom stereocenters. The molecule has 0 saturated carbocycles. The van der Waals surface area contributed by atoms with Crippen molar-refractivity contribution in [2.75, 3.05) is 14.2 Å². The summed E-state index contributed by atoms with van der Waals surface area (Å²) in [5.41, 5.74) is 7.00. The third kappa shape index (κ3) is 2.49. The first-order valence-corrected chi connectivity index (χ1v) is 5.49. The fraction of sp³-hybridized carbons (Fsp3) is 0.273. The van der Waals surface area contributed by atoms with E-state index in [1.807, 2.05) is 6.92 Å². The minimum Gasteiger partial charge on any atom is -0.465 e. The molecule has 1 aromatic heterocycles. The number of nitrogens with zero attached hydrogens (tertiary/aromatic N) is 1. The van der Waals surface area contributed by atoms with Crippen molar-refractivity contribution in [3.63, 3.8) is 0 Å². The maximum absolute atomic E-state index is 11.4. The molecule has 86 valence electrons. The SMILES string of the molecule is CN=C(C=CN)c1cc(C(=O)OC)sc1C. The largest absolute Gasteiger partial charge is 0.465 e. The van der Waals surface area contributed by atoms with Crippen LogP contribution in [0, 0.1) is 6.92 Å². The zero-order valence-corrected chi connectivity index (χ0v) is 10.3. The van der Waals surface area contributed by atoms with Crippen molar-refractivity contribution in [1.82, 2.24) is 0 Å². The monoisotopic (exact) mass is 238 g/mol. The number of carbonyl (C=O) groups excluding carboxylic acids is 1. The van der Waals surface area contributed by atoms with E-state index in [1.165, 1.54) is 24.6 Å². The Labute approximate surface area is 98.4 Å². The topological polar surface area (TPSA) is 64.7 Å². The summed E-state index contributed by atoms with van der Waals surface area (Å²) in [5.74, 6) is -0.327. The van der Waals surface area contributed by atoms with E-state index >= 15 is 0 Å². The molecule has 0 spiro atoms. The molecule has 0 aromatic carbocycles. The molecule has 0 amide bonds. The number of aliphatic imine (C=N–C) groups is 1. The van der Waals surface area contributed by atoms with Gasteiger partial charge in [0.2, 0.25) is 0 Å². The lowest BCUT2D eigenvalue weighted by molar-refractivity contribution is 0.0606. The number of nitrogens with two attached hydrogens (primary N) is 1. The zero-order valence-electron chi connectivity index (χ0n) is 9.48. The van der Waals surface area contributed by atoms with Gasteiger partial charge in [0.25, 0.3) is 0 Å². The Hall–Kier alpha value is -1.62. The summed E-state index contributed by atoms with van der Waals surface area (Å²) >= 11 is 1.39. The van der Waals surface area contributed by atoms with Crippen molar-refractivity contribution < 1.29 is 9.53 Å². The van der Waals surface area contributed by atoms with E-state index in [9.17, 15) is 4.79 Å². The Kier molecular flexibility index (Phi) is 4.25. The molecule has 0 bridgehead atoms. The van der Waals surface area contributed by atoms with Crippen LogP contribution in [0.4, 0.5) is 0 Å². The smallest absolute Gasteiger partial charge is 0.348 e. The number of ether oxygens (including phenoxy) is 1. The molecular weight excluding hydrogens is 224 g/mol. The molecule has 4 nitrogen and oxygen atoms in total. The number of carbonyl (C=O) groups is 1. The van der Waals surface area contributed by atoms with Crippen LogP contribution in [0.25, 0.3) is 0 Å². The summed E-state index contributed by atoms with van der Waals surface area (Å²) in [5, 5.41) is 0. The molecule has 0 unspecified atom stereocenters. The fourth-order valence-corrected chi connectivity index (χ4v) is 2.26. The molecule has 1 aromatic rings. The number of rotatable bonds is 3. The predicted molar refractivity (Wildman–Crippen MR) is 66.2 cm³/mol. The number of allylic oxidation sites excluding steroid dienone is 1. The average Bonchev–Trinajstić information content (AvgIpc) is 2.67. The molecule has 5 heteroatoms. The van der Waals surface area contributed by atoms with Crippen LogP contribution in [0.1, 0.15) is 20.1 Å². The minimum atomic E-state index is -0.327. The van der Waals surface area contributed by atoms with Crippen LogP contribution < -0.4 is 5.73 Å². The van der Waals surface area contributed by atoms with Gasteiger partial charge < -0.3 is 10.5 Å². The summed E-state index contributed by atoms with van der Waals surface area (Å²) in [6, 6.07) is 1.77. The van der Waals surface area contributed by atoms with Crippen LogP contribution in [0.5, 0.6) is 0 Å². The first-order chi connectivity index (χ1) is 7.63. The zero-order chi connectivity index (χ0) is 12.1. The number of aryl methyl sites for hydroxylation is 1. The van der Waals surface area contributed by atoms with Gasteiger partial charge in [0.1, 0.15) is 4.88 Å². The Balaban J connectivity index is 3.15. The molecular formula is C11H14N2O2S. The van der Waals surface area contributed by atoms with Crippen molar-refractivity contribution in [2.45, 2.75) is 6.92 Å². The molecule has 2 N–H and O–H groups in total. The molecule has 0 radical (unpaired) electrons. The van der Waals surface area contributed by atoms with Crippen molar-refractivity contribution in [2.24, 2.45) is 10.7 Å². The molecule has 1 rings (SSSR count). The van der Waals surface area contributed by atoms with Crippen molar-refractivity contribution in [3.05, 3.63) is 33.7 Å². The lowest BCUT2D eigenvalue weighted by atomic mass is 10.1. The van der Waals surface area contributed by atoms with E-state index in [0.29, 0.717) is 4.88 Å². The normalized spacial score (nSPS) is 12.1. The quantitative estimate of drug-likeness (QED) is 0.644. The van der Waals surface area contributed by atoms with Crippen LogP contribution in [0.2, 0.25) is 0 Å². The van der Waals surface area contributed by atoms with Crippen molar-refractivity contribution >= 4 is 23.0 Å². The van der Waals surface area contributed by atoms with Gasteiger partial charge in [-0.1, -0.05) is 0 Å². The standard InChI is InChI=1S/C11H14N2O2S/c1-7-8(9(13-2)4-5-12)6-10(16-7)11(14)15-3/h4-6H,12H2,1-3H3. The van der Waals surface area contributed by atoms with E-state index in [-0.39, 0.29) is 5.97 Å². The predicted octanol–water partition coefficient (Wildman–Crippen LogP) is 1.73. The van der Waals surface area contributed by atoms with E-state index in [0.717, 1.165) is 16.2 Å². The highest BCUT2D eigenvalue weighted by atomic mass is 32.1. The van der Waals surface area contributed by atoms with E-state index in [4.69, 9.17) is 5.73 Å². The summed E-state index contributed by atoms with van der Waals surface area (Å²) in [6.07, 6.45) is 3.13. The average molecular weight is 238 g/mol. The van der Waals surface area contributed by atoms with Crippen molar-refractivity contribution in [3.8, 4) is 0 Å². The molecule has 0 aliphatic heterocycles. The van der Waals surface area contributed by atoms with Gasteiger partial charge in [-0.15, -0.1) is 11.3 Å². The number of thiophene rings is 1. The number of hydrogen-bond donors (Lipinski definition) is 1. The van der Waals surface area contributed by atoms with Gasteiger partial charge in [-0.05, 0) is 25.3 Å². The van der Waals surface area contributed by atoms with Crippen LogP contribution in [0.3, 0.4) is 0 Å². The fourth-order valence-electron chi connectivity index (χ4n) is 1.31. The van der Waals surface area contributed by atoms with Gasteiger partial charge in [0, 0.05) is 17.5 Å². The number of esters is 1. The minimum absolute atomic E-state index is 0.327. The summed E-state index contributed by atoms with van der Waals surface area (Å²) < 4.78 is 4.67. The lowest BCUT2D eigenvalue weighted by Crippen LogP contribution is -2.00. The lowest BCUT2D eigenvalue weighted by Gasteiger charge is -1.97. The van der Waals surface area contributed by atoms with Gasteiger partial charge in [0.05, 0.1) is 12.8 Å². The van der Waals surface area contributed by atoms with Gasteiger partial charge in [-0.25, -0.2) is 4.79 Å². The first kappa shape index (κ1) is 12.4. The first-order valence-electron chi connectivity index (χ1n) is 4.68. The third-order valence-electron chi connectivity index (χ3n) is 2.08. The van der Waals surface area contributed by atoms with Crippen LogP contribution in [-0.2, 0) is 4.74 Å². The highest BCUT2D eigenvalue weighted by molar-refractivity contribution is 7.14. The second-order valence-electron chi connectivity index (χ2n) is 3.04. The van der Waals surface area contributed by atoms with Crippen molar-refractivity contribution in [1.29, 1.82) is 0 Å². The highest BCUT2D eigenvalue weighted by Crippen LogP contribution is 2.23. The summed E-state index contributed by atoms with van der Waals surface area (Å²) in [6.45, 7) is 1.93. The molecule has 1 heterocycles. The van der Waals surface area contributed by atoms with E-state index in [2.05, 4.69) is 9.73 Å². The van der Waals surface area contributed by atoms with Gasteiger partial charge in [0.15, 0.2) is 0 Å². The third-order valence-corrected chi connectivity index (χ3v) is 3.11. The van der Waals surface area contributed by atoms with Gasteiger partial charge >= 0.3 is 5.97 Å². The Bertz CT molecular complexity index is 447. The number of methoxy groups -OCH3 is 1. The second kappa shape index (κ2) is 5.46.